The Labute approximate surface area is 146 Å². The molecule has 1 N–H and O–H groups in total. The molecule has 1 fully saturated rings. The van der Waals surface area contributed by atoms with E-state index >= 15 is 0 Å². The van der Waals surface area contributed by atoms with Crippen molar-refractivity contribution in [2.24, 2.45) is 0 Å². The van der Waals surface area contributed by atoms with Crippen LogP contribution in [0, 0.1) is 6.92 Å². The van der Waals surface area contributed by atoms with Crippen LogP contribution in [-0.2, 0) is 6.42 Å². The van der Waals surface area contributed by atoms with Crippen molar-refractivity contribution in [1.82, 2.24) is 9.88 Å². The monoisotopic (exact) mass is 325 g/mol. The van der Waals surface area contributed by atoms with E-state index in [1.807, 2.05) is 0 Å². The van der Waals surface area contributed by atoms with Gasteiger partial charge in [0.05, 0.1) is 5.52 Å². The molecule has 0 saturated heterocycles. The number of hydrogen-bond acceptors (Lipinski definition) is 3. The van der Waals surface area contributed by atoms with E-state index in [-0.39, 0.29) is 0 Å². The Balaban J connectivity index is 1.72. The quantitative estimate of drug-likeness (QED) is 0.828. The third-order valence-electron chi connectivity index (χ3n) is 5.52. The summed E-state index contributed by atoms with van der Waals surface area (Å²) in [4.78, 5) is 7.32. The van der Waals surface area contributed by atoms with E-state index in [4.69, 9.17) is 4.98 Å². The van der Waals surface area contributed by atoms with Crippen molar-refractivity contribution in [3.05, 3.63) is 35.5 Å². The fourth-order valence-corrected chi connectivity index (χ4v) is 4.07. The lowest BCUT2D eigenvalue weighted by molar-refractivity contribution is 0.198. The van der Waals surface area contributed by atoms with E-state index in [0.29, 0.717) is 0 Å². The molecule has 1 aliphatic rings. The van der Waals surface area contributed by atoms with Crippen LogP contribution in [0.1, 0.15) is 50.3 Å². The number of para-hydroxylation sites is 1. The smallest absolute Gasteiger partial charge is 0.0726 e. The summed E-state index contributed by atoms with van der Waals surface area (Å²) in [5, 5.41) is 4.99. The lowest BCUT2D eigenvalue weighted by Gasteiger charge is -2.31. The number of aromatic nitrogens is 1. The van der Waals surface area contributed by atoms with Crippen LogP contribution in [0.4, 0.5) is 5.69 Å². The highest BCUT2D eigenvalue weighted by Crippen LogP contribution is 2.29. The highest BCUT2D eigenvalue weighted by atomic mass is 15.1. The molecule has 0 unspecified atom stereocenters. The predicted octanol–water partition coefficient (Wildman–Crippen LogP) is 4.78. The number of nitrogens with one attached hydrogen (secondary N) is 1. The van der Waals surface area contributed by atoms with E-state index in [1.165, 1.54) is 48.7 Å². The highest BCUT2D eigenvalue weighted by molar-refractivity contribution is 5.93. The maximum atomic E-state index is 4.77. The standard InChI is InChI=1S/C21H31N3/c1-4-18-16(2)23-20-13-9-8-12-19(20)21(18)22-14-15-24(3)17-10-6-5-7-11-17/h8-9,12-13,17H,4-7,10-11,14-15H2,1-3H3,(H,22,23). The van der Waals surface area contributed by atoms with Gasteiger partial charge in [-0.15, -0.1) is 0 Å². The first-order valence-corrected chi connectivity index (χ1v) is 9.53. The van der Waals surface area contributed by atoms with Gasteiger partial charge in [0.15, 0.2) is 0 Å². The number of nitrogens with zero attached hydrogens (tertiary/aromatic N) is 2. The molecule has 1 heterocycles. The van der Waals surface area contributed by atoms with Gasteiger partial charge in [0.1, 0.15) is 0 Å². The number of pyridine rings is 1. The average Bonchev–Trinajstić information content (AvgIpc) is 2.62. The van der Waals surface area contributed by atoms with Gasteiger partial charge in [-0.1, -0.05) is 44.4 Å². The minimum Gasteiger partial charge on any atom is -0.383 e. The second-order valence-electron chi connectivity index (χ2n) is 7.12. The normalized spacial score (nSPS) is 16.0. The van der Waals surface area contributed by atoms with Crippen molar-refractivity contribution in [3.63, 3.8) is 0 Å². The molecule has 0 spiro atoms. The van der Waals surface area contributed by atoms with Crippen molar-refractivity contribution in [3.8, 4) is 0 Å². The van der Waals surface area contributed by atoms with Gasteiger partial charge < -0.3 is 10.2 Å². The van der Waals surface area contributed by atoms with Crippen LogP contribution in [0.15, 0.2) is 24.3 Å². The Morgan fingerprint density at radius 1 is 1.17 bits per heavy atom. The summed E-state index contributed by atoms with van der Waals surface area (Å²) in [6, 6.07) is 9.26. The van der Waals surface area contributed by atoms with E-state index < -0.39 is 0 Å². The first kappa shape index (κ1) is 17.2. The lowest BCUT2D eigenvalue weighted by atomic mass is 9.94. The molecule has 2 aromatic rings. The summed E-state index contributed by atoms with van der Waals surface area (Å²) in [5.41, 5.74) is 4.89. The van der Waals surface area contributed by atoms with Crippen molar-refractivity contribution < 1.29 is 0 Å². The van der Waals surface area contributed by atoms with E-state index in [0.717, 1.165) is 36.8 Å². The topological polar surface area (TPSA) is 28.2 Å². The molecule has 3 nitrogen and oxygen atoms in total. The van der Waals surface area contributed by atoms with Crippen LogP contribution in [-0.4, -0.2) is 36.1 Å². The zero-order valence-electron chi connectivity index (χ0n) is 15.4. The van der Waals surface area contributed by atoms with Gasteiger partial charge in [-0.25, -0.2) is 0 Å². The molecule has 0 radical (unpaired) electrons. The predicted molar refractivity (Wildman–Crippen MR) is 104 cm³/mol. The van der Waals surface area contributed by atoms with E-state index in [1.54, 1.807) is 0 Å². The van der Waals surface area contributed by atoms with Gasteiger partial charge in [-0.3, -0.25) is 4.98 Å². The van der Waals surface area contributed by atoms with Crippen LogP contribution in [0.5, 0.6) is 0 Å². The summed E-state index contributed by atoms with van der Waals surface area (Å²) < 4.78 is 0. The first-order chi connectivity index (χ1) is 11.7. The summed E-state index contributed by atoms with van der Waals surface area (Å²) >= 11 is 0. The molecule has 1 aliphatic carbocycles. The first-order valence-electron chi connectivity index (χ1n) is 9.53. The number of benzene rings is 1. The molecule has 1 aromatic heterocycles. The molecule has 0 aliphatic heterocycles. The molecule has 0 amide bonds. The van der Waals surface area contributed by atoms with Crippen molar-refractivity contribution >= 4 is 16.6 Å². The van der Waals surface area contributed by atoms with E-state index in [2.05, 4.69) is 55.4 Å². The van der Waals surface area contributed by atoms with Gasteiger partial charge in [-0.05, 0) is 44.9 Å². The Morgan fingerprint density at radius 2 is 1.92 bits per heavy atom. The fourth-order valence-electron chi connectivity index (χ4n) is 4.07. The molecule has 0 atom stereocenters. The maximum Gasteiger partial charge on any atom is 0.0726 e. The molecular weight excluding hydrogens is 294 g/mol. The summed E-state index contributed by atoms with van der Waals surface area (Å²) in [5.74, 6) is 0. The second kappa shape index (κ2) is 7.98. The van der Waals surface area contributed by atoms with Crippen LogP contribution in [0.25, 0.3) is 10.9 Å². The average molecular weight is 326 g/mol. The highest BCUT2D eigenvalue weighted by Gasteiger charge is 2.18. The molecule has 0 bridgehead atoms. The number of hydrogen-bond donors (Lipinski definition) is 1. The Bertz CT molecular complexity index is 674. The van der Waals surface area contributed by atoms with Crippen molar-refractivity contribution in [1.29, 1.82) is 0 Å². The molecule has 1 aromatic carbocycles. The Kier molecular flexibility index (Phi) is 5.72. The number of fused-ring (bicyclic) bond motifs is 1. The van der Waals surface area contributed by atoms with Gasteiger partial charge in [0, 0.05) is 35.9 Å². The van der Waals surface area contributed by atoms with Gasteiger partial charge in [0.25, 0.3) is 0 Å². The molecule has 130 valence electrons. The third-order valence-corrected chi connectivity index (χ3v) is 5.52. The fraction of sp³-hybridized carbons (Fsp3) is 0.571. The SMILES string of the molecule is CCc1c(C)nc2ccccc2c1NCCN(C)C1CCCCC1. The van der Waals surface area contributed by atoms with Crippen LogP contribution < -0.4 is 5.32 Å². The van der Waals surface area contributed by atoms with Crippen molar-refractivity contribution in [2.45, 2.75) is 58.4 Å². The zero-order chi connectivity index (χ0) is 16.9. The Hall–Kier alpha value is -1.61. The van der Waals surface area contributed by atoms with Crippen LogP contribution >= 0.6 is 0 Å². The zero-order valence-corrected chi connectivity index (χ0v) is 15.4. The van der Waals surface area contributed by atoms with Gasteiger partial charge in [0.2, 0.25) is 0 Å². The lowest BCUT2D eigenvalue weighted by Crippen LogP contribution is -2.36. The maximum absolute atomic E-state index is 4.77. The van der Waals surface area contributed by atoms with Gasteiger partial charge in [-0.2, -0.15) is 0 Å². The van der Waals surface area contributed by atoms with Crippen molar-refractivity contribution in [2.75, 3.05) is 25.5 Å². The molecule has 3 rings (SSSR count). The van der Waals surface area contributed by atoms with E-state index in [9.17, 15) is 0 Å². The number of rotatable bonds is 6. The van der Waals surface area contributed by atoms with Crippen LogP contribution in [0.3, 0.4) is 0 Å². The number of anilines is 1. The summed E-state index contributed by atoms with van der Waals surface area (Å²) in [7, 11) is 2.29. The van der Waals surface area contributed by atoms with Crippen LogP contribution in [0.2, 0.25) is 0 Å². The third kappa shape index (κ3) is 3.72. The summed E-state index contributed by atoms with van der Waals surface area (Å²) in [6.07, 6.45) is 7.98. The van der Waals surface area contributed by atoms with Gasteiger partial charge >= 0.3 is 0 Å². The second-order valence-corrected chi connectivity index (χ2v) is 7.12. The molecule has 3 heteroatoms. The molecule has 1 saturated carbocycles. The Morgan fingerprint density at radius 3 is 2.67 bits per heavy atom. The molecular formula is C21H31N3. The minimum absolute atomic E-state index is 0.780. The minimum atomic E-state index is 0.780. The summed E-state index contributed by atoms with van der Waals surface area (Å²) in [6.45, 7) is 6.44. The largest absolute Gasteiger partial charge is 0.383 e. The number of likely N-dealkylation sites (N-methyl/N-ethyl adjacent to an activating group) is 1. The number of aryl methyl sites for hydroxylation is 1. The molecule has 24 heavy (non-hydrogen) atoms.